The predicted molar refractivity (Wildman–Crippen MR) is 71.6 cm³/mol. The van der Waals surface area contributed by atoms with Gasteiger partial charge in [0.15, 0.2) is 5.76 Å². The molecule has 0 spiro atoms. The van der Waals surface area contributed by atoms with Gasteiger partial charge in [0, 0.05) is 12.6 Å². The van der Waals surface area contributed by atoms with Crippen molar-refractivity contribution in [1.82, 2.24) is 15.4 Å². The van der Waals surface area contributed by atoms with E-state index in [1.165, 1.54) is 4.90 Å². The van der Waals surface area contributed by atoms with E-state index in [9.17, 15) is 9.59 Å². The third-order valence-corrected chi connectivity index (χ3v) is 3.46. The van der Waals surface area contributed by atoms with Crippen molar-refractivity contribution in [2.24, 2.45) is 5.92 Å². The van der Waals surface area contributed by atoms with Crippen LogP contribution in [0.25, 0.3) is 0 Å². The number of hydrogen-bond acceptors (Lipinski definition) is 5. The molecule has 2 heterocycles. The number of carboxylic acids is 1. The standard InChI is InChI=1S/C13H19N3O5/c1-3-16(11-7-20-6-10(11)12(17)18)13(19)14-5-9-4-8(2)15-21-9/h4,10-11H,3,5-7H2,1-2H3,(H,14,19)(H,17,18). The summed E-state index contributed by atoms with van der Waals surface area (Å²) < 4.78 is 10.2. The Morgan fingerprint density at radius 3 is 2.86 bits per heavy atom. The molecule has 1 aromatic rings. The second-order valence-corrected chi connectivity index (χ2v) is 4.93. The fraction of sp³-hybridized carbons (Fsp3) is 0.615. The summed E-state index contributed by atoms with van der Waals surface area (Å²) in [5.41, 5.74) is 0.738. The van der Waals surface area contributed by atoms with Crippen molar-refractivity contribution in [1.29, 1.82) is 0 Å². The number of amides is 2. The Labute approximate surface area is 122 Å². The van der Waals surface area contributed by atoms with Crippen LogP contribution in [0.5, 0.6) is 0 Å². The van der Waals surface area contributed by atoms with E-state index in [0.717, 1.165) is 5.69 Å². The Morgan fingerprint density at radius 1 is 1.52 bits per heavy atom. The van der Waals surface area contributed by atoms with E-state index >= 15 is 0 Å². The van der Waals surface area contributed by atoms with E-state index < -0.39 is 17.9 Å². The van der Waals surface area contributed by atoms with Crippen molar-refractivity contribution in [3.05, 3.63) is 17.5 Å². The van der Waals surface area contributed by atoms with Gasteiger partial charge in [0.05, 0.1) is 31.5 Å². The molecule has 2 unspecified atom stereocenters. The molecule has 8 nitrogen and oxygen atoms in total. The molecule has 8 heteroatoms. The van der Waals surface area contributed by atoms with Crippen LogP contribution < -0.4 is 5.32 Å². The number of ether oxygens (including phenoxy) is 1. The number of likely N-dealkylation sites (N-methyl/N-ethyl adjacent to an activating group) is 1. The van der Waals surface area contributed by atoms with Gasteiger partial charge in [-0.1, -0.05) is 5.16 Å². The molecular formula is C13H19N3O5. The first-order valence-electron chi connectivity index (χ1n) is 6.80. The number of hydrogen-bond donors (Lipinski definition) is 2. The maximum Gasteiger partial charge on any atom is 0.318 e. The lowest BCUT2D eigenvalue weighted by Crippen LogP contribution is -2.50. The zero-order valence-electron chi connectivity index (χ0n) is 12.0. The molecule has 1 aromatic heterocycles. The number of urea groups is 1. The van der Waals surface area contributed by atoms with E-state index in [1.54, 1.807) is 19.9 Å². The fourth-order valence-corrected chi connectivity index (χ4v) is 2.38. The van der Waals surface area contributed by atoms with Crippen molar-refractivity contribution in [2.45, 2.75) is 26.4 Å². The second kappa shape index (κ2) is 6.57. The van der Waals surface area contributed by atoms with Gasteiger partial charge in [-0.05, 0) is 13.8 Å². The summed E-state index contributed by atoms with van der Waals surface area (Å²) in [6.07, 6.45) is 0. The fourth-order valence-electron chi connectivity index (χ4n) is 2.38. The first-order chi connectivity index (χ1) is 10.0. The van der Waals surface area contributed by atoms with E-state index in [0.29, 0.717) is 12.3 Å². The second-order valence-electron chi connectivity index (χ2n) is 4.93. The first-order valence-corrected chi connectivity index (χ1v) is 6.80. The summed E-state index contributed by atoms with van der Waals surface area (Å²) in [6.45, 7) is 4.57. The number of aryl methyl sites for hydroxylation is 1. The Hall–Kier alpha value is -2.09. The molecular weight excluding hydrogens is 278 g/mol. The minimum Gasteiger partial charge on any atom is -0.481 e. The lowest BCUT2D eigenvalue weighted by atomic mass is 10.0. The zero-order valence-corrected chi connectivity index (χ0v) is 12.0. The highest BCUT2D eigenvalue weighted by molar-refractivity contribution is 5.77. The molecule has 0 saturated carbocycles. The van der Waals surface area contributed by atoms with Gasteiger partial charge in [-0.3, -0.25) is 4.79 Å². The van der Waals surface area contributed by atoms with E-state index in [2.05, 4.69) is 10.5 Å². The van der Waals surface area contributed by atoms with Crippen LogP contribution in [0.1, 0.15) is 18.4 Å². The van der Waals surface area contributed by atoms with Crippen LogP contribution in [0.4, 0.5) is 4.79 Å². The highest BCUT2D eigenvalue weighted by Gasteiger charge is 2.39. The number of aliphatic carboxylic acids is 1. The predicted octanol–water partition coefficient (Wildman–Crippen LogP) is 0.614. The number of aromatic nitrogens is 1. The van der Waals surface area contributed by atoms with Gasteiger partial charge in [0.25, 0.3) is 0 Å². The molecule has 116 valence electrons. The molecule has 0 aromatic carbocycles. The van der Waals surface area contributed by atoms with Crippen LogP contribution in [0.15, 0.2) is 10.6 Å². The maximum atomic E-state index is 12.2. The van der Waals surface area contributed by atoms with Gasteiger partial charge in [-0.25, -0.2) is 4.79 Å². The number of rotatable bonds is 5. The topological polar surface area (TPSA) is 105 Å². The van der Waals surface area contributed by atoms with Crippen LogP contribution in [0.3, 0.4) is 0 Å². The van der Waals surface area contributed by atoms with Gasteiger partial charge in [-0.2, -0.15) is 0 Å². The van der Waals surface area contributed by atoms with E-state index in [1.807, 2.05) is 0 Å². The third-order valence-electron chi connectivity index (χ3n) is 3.46. The molecule has 0 radical (unpaired) electrons. The Bertz CT molecular complexity index is 516. The van der Waals surface area contributed by atoms with Crippen LogP contribution in [0, 0.1) is 12.8 Å². The Kier molecular flexibility index (Phi) is 4.79. The first kappa shape index (κ1) is 15.3. The Morgan fingerprint density at radius 2 is 2.29 bits per heavy atom. The van der Waals surface area contributed by atoms with Crippen molar-refractivity contribution in [3.8, 4) is 0 Å². The zero-order chi connectivity index (χ0) is 15.4. The number of carboxylic acid groups (broad SMARTS) is 1. The minimum atomic E-state index is -0.949. The number of carbonyl (C=O) groups is 2. The SMILES string of the molecule is CCN(C(=O)NCc1cc(C)no1)C1COCC1C(=O)O. The highest BCUT2D eigenvalue weighted by Crippen LogP contribution is 2.20. The lowest BCUT2D eigenvalue weighted by molar-refractivity contribution is -0.142. The third kappa shape index (κ3) is 3.52. The molecule has 1 saturated heterocycles. The summed E-state index contributed by atoms with van der Waals surface area (Å²) in [7, 11) is 0. The van der Waals surface area contributed by atoms with Gasteiger partial charge in [0.1, 0.15) is 5.92 Å². The number of nitrogens with one attached hydrogen (secondary N) is 1. The van der Waals surface area contributed by atoms with Crippen LogP contribution >= 0.6 is 0 Å². The molecule has 0 bridgehead atoms. The molecule has 0 aliphatic carbocycles. The van der Waals surface area contributed by atoms with Crippen molar-refractivity contribution in [2.75, 3.05) is 19.8 Å². The molecule has 1 fully saturated rings. The number of nitrogens with zero attached hydrogens (tertiary/aromatic N) is 2. The largest absolute Gasteiger partial charge is 0.481 e. The summed E-state index contributed by atoms with van der Waals surface area (Å²) >= 11 is 0. The average Bonchev–Trinajstić information content (AvgIpc) is 3.06. The van der Waals surface area contributed by atoms with Gasteiger partial charge < -0.3 is 24.6 Å². The van der Waals surface area contributed by atoms with Crippen molar-refractivity contribution in [3.63, 3.8) is 0 Å². The molecule has 1 aliphatic rings. The summed E-state index contributed by atoms with van der Waals surface area (Å²) in [5, 5.41) is 15.6. The quantitative estimate of drug-likeness (QED) is 0.825. The smallest absolute Gasteiger partial charge is 0.318 e. The average molecular weight is 297 g/mol. The summed E-state index contributed by atoms with van der Waals surface area (Å²) in [6, 6.07) is 0.937. The molecule has 2 rings (SSSR count). The van der Waals surface area contributed by atoms with Crippen molar-refractivity contribution < 1.29 is 24.0 Å². The van der Waals surface area contributed by atoms with Crippen molar-refractivity contribution >= 4 is 12.0 Å². The minimum absolute atomic E-state index is 0.130. The molecule has 1 aliphatic heterocycles. The lowest BCUT2D eigenvalue weighted by Gasteiger charge is -2.29. The van der Waals surface area contributed by atoms with Crippen LogP contribution in [0.2, 0.25) is 0 Å². The summed E-state index contributed by atoms with van der Waals surface area (Å²) in [5.74, 6) is -1.09. The van der Waals surface area contributed by atoms with Gasteiger partial charge in [0.2, 0.25) is 0 Å². The number of carbonyl (C=O) groups excluding carboxylic acids is 1. The normalized spacial score (nSPS) is 21.2. The molecule has 21 heavy (non-hydrogen) atoms. The monoisotopic (exact) mass is 297 g/mol. The van der Waals surface area contributed by atoms with E-state index in [-0.39, 0.29) is 25.8 Å². The Balaban J connectivity index is 1.96. The van der Waals surface area contributed by atoms with Gasteiger partial charge >= 0.3 is 12.0 Å². The molecule has 2 atom stereocenters. The molecule has 2 N–H and O–H groups in total. The highest BCUT2D eigenvalue weighted by atomic mass is 16.5. The maximum absolute atomic E-state index is 12.2. The van der Waals surface area contributed by atoms with Crippen LogP contribution in [-0.2, 0) is 16.1 Å². The van der Waals surface area contributed by atoms with E-state index in [4.69, 9.17) is 14.4 Å². The molecule has 2 amide bonds. The van der Waals surface area contributed by atoms with Crippen LogP contribution in [-0.4, -0.2) is 53.0 Å². The summed E-state index contributed by atoms with van der Waals surface area (Å²) in [4.78, 5) is 24.9. The van der Waals surface area contributed by atoms with Gasteiger partial charge in [-0.15, -0.1) is 0 Å².